The van der Waals surface area contributed by atoms with E-state index in [4.69, 9.17) is 21.0 Å². The second kappa shape index (κ2) is 604. The van der Waals surface area contributed by atoms with Gasteiger partial charge < -0.3 is 6.15 Å². The normalized spacial score (nSPS) is 2.33. The third-order valence-electron chi connectivity index (χ3n) is 0. The summed E-state index contributed by atoms with van der Waals surface area (Å²) in [7, 11) is 0. The van der Waals surface area contributed by atoms with Gasteiger partial charge in [-0.3, -0.25) is 0 Å². The van der Waals surface area contributed by atoms with E-state index in [0.29, 0.717) is 0 Å². The minimum absolute atomic E-state index is 0. The van der Waals surface area contributed by atoms with Crippen LogP contribution < -0.4 is 11.4 Å². The van der Waals surface area contributed by atoms with Crippen molar-refractivity contribution in [3.05, 3.63) is 9.71 Å². The second-order valence-corrected chi connectivity index (χ2v) is 0.0680. The standard InChI is InChI=1S/N2.H3N.O3/c1-2;;1-3-2/h;1H3;. The zero-order valence-electron chi connectivity index (χ0n) is 2.83. The Kier molecular flexibility index (Phi) is 2170. The Balaban J connectivity index is -0.0000000275. The molecule has 0 saturated heterocycles. The highest BCUT2D eigenvalue weighted by Gasteiger charge is 1.27. The number of hydrogen-bond donors (Lipinski definition) is 1. The fourth-order valence-electron chi connectivity index (χ4n) is 0. The topological polar surface area (TPSA) is 134 Å². The Morgan fingerprint density at radius 3 is 1.50 bits per heavy atom. The molecule has 36 valence electrons. The minimum Gasteiger partial charge on any atom is -0.344 e. The van der Waals surface area contributed by atoms with Gasteiger partial charge in [0.15, 0.2) is 4.75 Å². The maximum atomic E-state index is 7.88. The fourth-order valence-corrected chi connectivity index (χ4v) is 0. The molecule has 6 heteroatoms. The van der Waals surface area contributed by atoms with Crippen molar-refractivity contribution in [1.82, 2.24) is 6.15 Å². The summed E-state index contributed by atoms with van der Waals surface area (Å²) in [4.78, 5) is 7.88. The summed E-state index contributed by atoms with van der Waals surface area (Å²) in [5.41, 5.74) is 0. The van der Waals surface area contributed by atoms with Crippen molar-refractivity contribution in [2.45, 2.75) is 0 Å². The lowest BCUT2D eigenvalue weighted by Gasteiger charge is -1.19. The average Bonchev–Trinajstić information content (AvgIpc) is 1.46. The van der Waals surface area contributed by atoms with Gasteiger partial charge in [-0.15, -0.1) is 0 Å². The highest BCUT2D eigenvalue weighted by Crippen LogP contribution is 1.00. The Morgan fingerprint density at radius 2 is 1.50 bits per heavy atom. The van der Waals surface area contributed by atoms with Crippen LogP contribution in [-0.2, 0) is 0 Å². The molecular formula is H3N3O3. The summed E-state index contributed by atoms with van der Waals surface area (Å²) < 4.78 is 1.75. The minimum atomic E-state index is 0. The first-order valence-corrected chi connectivity index (χ1v) is 0.533. The summed E-state index contributed by atoms with van der Waals surface area (Å²) in [6, 6.07) is 0. The predicted octanol–water partition coefficient (Wildman–Crippen LogP) is -0.930. The van der Waals surface area contributed by atoms with E-state index >= 15 is 0 Å². The first kappa shape index (κ1) is 21.6. The molecule has 0 unspecified atom stereocenters. The number of rotatable bonds is 0. The number of hydrogen-bond acceptors (Lipinski definition) is 5. The lowest BCUT2D eigenvalue weighted by atomic mass is 13.4. The van der Waals surface area contributed by atoms with Crippen LogP contribution in [0.1, 0.15) is 0 Å². The molecule has 0 aliphatic rings. The van der Waals surface area contributed by atoms with Gasteiger partial charge in [0.25, 0.3) is 0 Å². The van der Waals surface area contributed by atoms with Crippen LogP contribution in [0.3, 0.4) is 0 Å². The monoisotopic (exact) mass is 93.0 g/mol. The van der Waals surface area contributed by atoms with Gasteiger partial charge in [0, 0.05) is 10.8 Å². The second-order valence-electron chi connectivity index (χ2n) is 0.0680. The van der Waals surface area contributed by atoms with Crippen LogP contribution in [0, 0.1) is 20.5 Å². The highest BCUT2D eigenvalue weighted by atomic mass is 17.2. The number of nitrogens with zero attached hydrogens (tertiary/aromatic N) is 2. The summed E-state index contributed by atoms with van der Waals surface area (Å²) in [5.74, 6) is 0. The van der Waals surface area contributed by atoms with E-state index in [0.717, 1.165) is 0 Å². The molecule has 0 amide bonds. The molecule has 0 aromatic rings. The van der Waals surface area contributed by atoms with Gasteiger partial charge in [0.05, 0.1) is 0 Å². The predicted molar refractivity (Wildman–Crippen MR) is 15.2 cm³/mol. The van der Waals surface area contributed by atoms with Gasteiger partial charge in [-0.1, -0.05) is 10.2 Å². The van der Waals surface area contributed by atoms with E-state index in [1.54, 1.807) is 4.75 Å². The Labute approximate surface area is 33.2 Å². The molecular weight excluding hydrogens is 90.0 g/mol. The molecule has 0 heterocycles. The lowest BCUT2D eigenvalue weighted by molar-refractivity contribution is -0.284. The third kappa shape index (κ3) is 5.92. The van der Waals surface area contributed by atoms with Crippen molar-refractivity contribution in [2.75, 3.05) is 0 Å². The van der Waals surface area contributed by atoms with Gasteiger partial charge in [-0.2, -0.15) is 0 Å². The fraction of sp³-hybridized carbons (Fsp3) is 0. The van der Waals surface area contributed by atoms with Crippen LogP contribution in [0.15, 0.2) is 0 Å². The van der Waals surface area contributed by atoms with Gasteiger partial charge in [0.1, 0.15) is 0 Å². The molecule has 0 saturated carbocycles. The molecule has 6 heavy (non-hydrogen) atoms. The first-order valence-electron chi connectivity index (χ1n) is 0.533. The van der Waals surface area contributed by atoms with E-state index in [-0.39, 0.29) is 6.15 Å². The molecule has 0 fully saturated rings. The zero-order chi connectivity index (χ0) is 4.71. The smallest absolute Gasteiger partial charge is 0.154 e. The molecule has 3 N–H and O–H groups in total. The summed E-state index contributed by atoms with van der Waals surface area (Å²) in [6.45, 7) is 0. The van der Waals surface area contributed by atoms with Crippen molar-refractivity contribution in [3.8, 4) is 0 Å². The highest BCUT2D eigenvalue weighted by molar-refractivity contribution is 4.20. The van der Waals surface area contributed by atoms with E-state index in [2.05, 4.69) is 0 Å². The van der Waals surface area contributed by atoms with Crippen molar-refractivity contribution < 1.29 is 5.26 Å². The molecule has 0 aromatic heterocycles. The van der Waals surface area contributed by atoms with E-state index in [1.807, 2.05) is 0 Å². The summed E-state index contributed by atoms with van der Waals surface area (Å²) in [6.07, 6.45) is 0. The average molecular weight is 93.0 g/mol. The van der Waals surface area contributed by atoms with Crippen LogP contribution in [-0.4, -0.2) is 0 Å². The van der Waals surface area contributed by atoms with Crippen molar-refractivity contribution in [3.63, 3.8) is 0 Å². The van der Waals surface area contributed by atoms with Crippen LogP contribution in [0.2, 0.25) is 0 Å². The van der Waals surface area contributed by atoms with Gasteiger partial charge in [0.2, 0.25) is 0 Å². The molecule has 0 spiro atoms. The van der Waals surface area contributed by atoms with Crippen LogP contribution in [0.4, 0.5) is 0 Å². The third-order valence-corrected chi connectivity index (χ3v) is 0. The molecule has 0 atom stereocenters. The molecule has 0 bridgehead atoms. The molecule has 0 aliphatic carbocycles. The lowest BCUT2D eigenvalue weighted by Crippen LogP contribution is -1.82. The first-order chi connectivity index (χ1) is 2.41. The van der Waals surface area contributed by atoms with Gasteiger partial charge in [-0.25, -0.2) is 0 Å². The van der Waals surface area contributed by atoms with E-state index in [1.165, 1.54) is 0 Å². The van der Waals surface area contributed by atoms with Crippen LogP contribution in [0.25, 0.3) is 0 Å². The van der Waals surface area contributed by atoms with Crippen molar-refractivity contribution in [2.24, 2.45) is 0 Å². The Morgan fingerprint density at radius 1 is 1.50 bits per heavy atom. The SMILES string of the molecule is N.N#N.O=[O+][O-]. The van der Waals surface area contributed by atoms with Gasteiger partial charge in [-0.05, 0) is 0 Å². The van der Waals surface area contributed by atoms with E-state index < -0.39 is 0 Å². The zero-order valence-corrected chi connectivity index (χ0v) is 2.83. The Bertz CT molecular complexity index is 30.3. The largest absolute Gasteiger partial charge is 0.344 e. The summed E-state index contributed by atoms with van der Waals surface area (Å²) >= 11 is 0. The summed E-state index contributed by atoms with van der Waals surface area (Å²) in [5, 5.41) is 19.9. The van der Waals surface area contributed by atoms with Gasteiger partial charge >= 0.3 is 0 Å². The van der Waals surface area contributed by atoms with Crippen LogP contribution >= 0.6 is 0 Å². The van der Waals surface area contributed by atoms with Crippen molar-refractivity contribution >= 4 is 0 Å². The van der Waals surface area contributed by atoms with Crippen molar-refractivity contribution in [1.29, 1.82) is 10.8 Å². The quantitative estimate of drug-likeness (QED) is 0.178. The van der Waals surface area contributed by atoms with Crippen LogP contribution in [0.5, 0.6) is 0 Å². The molecule has 0 rings (SSSR count). The van der Waals surface area contributed by atoms with E-state index in [9.17, 15) is 0 Å². The maximum absolute atomic E-state index is 7.88. The molecule has 0 aromatic carbocycles. The molecule has 0 radical (unpaired) electrons. The molecule has 0 aliphatic heterocycles. The maximum Gasteiger partial charge on any atom is 0.154 e. The Hall–Kier alpha value is -1.22. The molecule has 6 nitrogen and oxygen atoms in total.